The van der Waals surface area contributed by atoms with Gasteiger partial charge in [0.15, 0.2) is 5.16 Å². The second kappa shape index (κ2) is 9.48. The van der Waals surface area contributed by atoms with Gasteiger partial charge in [0.1, 0.15) is 10.6 Å². The maximum Gasteiger partial charge on any atom is 0.237 e. The molecule has 1 aromatic carbocycles. The Labute approximate surface area is 202 Å². The van der Waals surface area contributed by atoms with Crippen molar-refractivity contribution >= 4 is 56.4 Å². The van der Waals surface area contributed by atoms with Crippen molar-refractivity contribution in [2.75, 3.05) is 42.3 Å². The summed E-state index contributed by atoms with van der Waals surface area (Å²) in [6.45, 7) is 7.43. The molecule has 0 spiro atoms. The summed E-state index contributed by atoms with van der Waals surface area (Å²) in [5.74, 6) is 1.14. The predicted octanol–water partition coefficient (Wildman–Crippen LogP) is 4.35. The average Bonchev–Trinajstić information content (AvgIpc) is 3.17. The number of thioether (sulfide) groups is 1. The van der Waals surface area contributed by atoms with Gasteiger partial charge in [-0.05, 0) is 61.9 Å². The minimum absolute atomic E-state index is 0.0827. The molecule has 3 aromatic rings. The van der Waals surface area contributed by atoms with E-state index in [0.717, 1.165) is 60.7 Å². The number of aromatic nitrogens is 2. The minimum Gasteiger partial charge on any atom is -0.383 e. The molecule has 9 heteroatoms. The normalized spacial score (nSPS) is 19.3. The smallest absolute Gasteiger partial charge is 0.237 e. The van der Waals surface area contributed by atoms with Gasteiger partial charge in [0.25, 0.3) is 0 Å². The molecule has 2 aliphatic rings. The molecular formula is C24H29N5O2S2. The molecule has 1 aliphatic heterocycles. The molecule has 174 valence electrons. The summed E-state index contributed by atoms with van der Waals surface area (Å²) in [5.41, 5.74) is 9.59. The number of carbonyl (C=O) groups excluding carboxylic acids is 1. The van der Waals surface area contributed by atoms with Crippen LogP contribution < -0.4 is 16.0 Å². The molecule has 2 aromatic heterocycles. The number of benzene rings is 1. The molecular weight excluding hydrogens is 454 g/mol. The van der Waals surface area contributed by atoms with Crippen molar-refractivity contribution in [3.63, 3.8) is 0 Å². The first kappa shape index (κ1) is 22.4. The number of anilines is 3. The number of nitrogen functional groups attached to an aromatic ring is 1. The number of morpholine rings is 1. The lowest BCUT2D eigenvalue weighted by Gasteiger charge is -2.28. The summed E-state index contributed by atoms with van der Waals surface area (Å²) >= 11 is 3.07. The van der Waals surface area contributed by atoms with E-state index < -0.39 is 0 Å². The average molecular weight is 484 g/mol. The van der Waals surface area contributed by atoms with Crippen LogP contribution in [0.4, 0.5) is 17.2 Å². The van der Waals surface area contributed by atoms with Crippen molar-refractivity contribution < 1.29 is 9.53 Å². The fourth-order valence-corrected chi connectivity index (χ4v) is 6.66. The molecule has 1 aliphatic carbocycles. The van der Waals surface area contributed by atoms with Crippen molar-refractivity contribution in [1.82, 2.24) is 9.97 Å². The monoisotopic (exact) mass is 483 g/mol. The second-order valence-corrected chi connectivity index (χ2v) is 11.2. The van der Waals surface area contributed by atoms with Crippen molar-refractivity contribution in [2.45, 2.75) is 43.5 Å². The zero-order valence-electron chi connectivity index (χ0n) is 19.0. The number of nitrogens with one attached hydrogen (secondary N) is 1. The maximum absolute atomic E-state index is 12.8. The Hall–Kier alpha value is -2.36. The van der Waals surface area contributed by atoms with Gasteiger partial charge in [0.2, 0.25) is 5.91 Å². The minimum atomic E-state index is -0.352. The van der Waals surface area contributed by atoms with Crippen LogP contribution in [-0.4, -0.2) is 47.4 Å². The van der Waals surface area contributed by atoms with Crippen LogP contribution in [0, 0.1) is 5.92 Å². The fourth-order valence-electron chi connectivity index (χ4n) is 4.44. The van der Waals surface area contributed by atoms with Gasteiger partial charge in [-0.2, -0.15) is 0 Å². The number of rotatable bonds is 5. The van der Waals surface area contributed by atoms with Crippen LogP contribution in [0.5, 0.6) is 0 Å². The lowest BCUT2D eigenvalue weighted by atomic mass is 9.89. The third kappa shape index (κ3) is 4.81. The van der Waals surface area contributed by atoms with E-state index in [1.54, 1.807) is 11.3 Å². The number of amides is 1. The highest BCUT2D eigenvalue weighted by atomic mass is 32.2. The van der Waals surface area contributed by atoms with Crippen molar-refractivity contribution in [3.8, 4) is 0 Å². The Morgan fingerprint density at radius 2 is 2.03 bits per heavy atom. The van der Waals surface area contributed by atoms with Crippen LogP contribution in [0.3, 0.4) is 0 Å². The lowest BCUT2D eigenvalue weighted by Crippen LogP contribution is -2.36. The summed E-state index contributed by atoms with van der Waals surface area (Å²) in [7, 11) is 0. The first-order valence-corrected chi connectivity index (χ1v) is 13.2. The fraction of sp³-hybridized carbons (Fsp3) is 0.458. The second-order valence-electron chi connectivity index (χ2n) is 8.82. The number of nitrogens with zero attached hydrogens (tertiary/aromatic N) is 3. The molecule has 33 heavy (non-hydrogen) atoms. The number of ether oxygens (including phenoxy) is 1. The number of hydrogen-bond donors (Lipinski definition) is 2. The first-order valence-electron chi connectivity index (χ1n) is 11.5. The van der Waals surface area contributed by atoms with E-state index in [9.17, 15) is 4.79 Å². The van der Waals surface area contributed by atoms with E-state index in [4.69, 9.17) is 15.5 Å². The number of hydrogen-bond acceptors (Lipinski definition) is 8. The summed E-state index contributed by atoms with van der Waals surface area (Å²) in [5, 5.41) is 4.22. The van der Waals surface area contributed by atoms with E-state index in [-0.39, 0.29) is 11.2 Å². The third-order valence-corrected chi connectivity index (χ3v) is 8.43. The Morgan fingerprint density at radius 3 is 2.79 bits per heavy atom. The first-order chi connectivity index (χ1) is 16.0. The molecule has 0 radical (unpaired) electrons. The van der Waals surface area contributed by atoms with E-state index in [1.165, 1.54) is 28.6 Å². The summed E-state index contributed by atoms with van der Waals surface area (Å²) < 4.78 is 5.41. The van der Waals surface area contributed by atoms with Crippen molar-refractivity contribution in [2.24, 2.45) is 5.92 Å². The van der Waals surface area contributed by atoms with Gasteiger partial charge < -0.3 is 20.7 Å². The highest BCUT2D eigenvalue weighted by molar-refractivity contribution is 8.00. The van der Waals surface area contributed by atoms with Gasteiger partial charge in [0, 0.05) is 29.3 Å². The predicted molar refractivity (Wildman–Crippen MR) is 136 cm³/mol. The topological polar surface area (TPSA) is 93.4 Å². The van der Waals surface area contributed by atoms with Crippen LogP contribution >= 0.6 is 23.1 Å². The van der Waals surface area contributed by atoms with E-state index in [0.29, 0.717) is 16.9 Å². The number of thiophene rings is 1. The van der Waals surface area contributed by atoms with Crippen LogP contribution in [0.1, 0.15) is 30.7 Å². The van der Waals surface area contributed by atoms with Gasteiger partial charge in [-0.15, -0.1) is 11.3 Å². The van der Waals surface area contributed by atoms with Gasteiger partial charge in [-0.1, -0.05) is 18.7 Å². The number of fused-ring (bicyclic) bond motifs is 3. The van der Waals surface area contributed by atoms with Crippen LogP contribution in [-0.2, 0) is 22.4 Å². The standard InChI is InChI=1S/C24H29N5O2S2/c1-14-3-8-18-19(13-14)33-23-20(18)21(25)27-24(28-23)32-15(2)22(30)26-16-4-6-17(7-5-16)29-9-11-31-12-10-29/h4-7,14-15H,3,8-13H2,1-2H3,(H,26,30)(H2,25,27,28). The Balaban J connectivity index is 1.25. The number of carbonyl (C=O) groups is 1. The largest absolute Gasteiger partial charge is 0.383 e. The molecule has 3 N–H and O–H groups in total. The summed E-state index contributed by atoms with van der Waals surface area (Å²) in [4.78, 5) is 26.7. The van der Waals surface area contributed by atoms with E-state index in [2.05, 4.69) is 22.1 Å². The Bertz CT molecular complexity index is 1160. The summed E-state index contributed by atoms with van der Waals surface area (Å²) in [6, 6.07) is 7.96. The Kier molecular flexibility index (Phi) is 6.44. The molecule has 3 heterocycles. The molecule has 1 fully saturated rings. The molecule has 0 bridgehead atoms. The highest BCUT2D eigenvalue weighted by Gasteiger charge is 2.24. The van der Waals surface area contributed by atoms with E-state index >= 15 is 0 Å². The van der Waals surface area contributed by atoms with Gasteiger partial charge in [0.05, 0.1) is 23.8 Å². The lowest BCUT2D eigenvalue weighted by molar-refractivity contribution is -0.115. The molecule has 5 rings (SSSR count). The zero-order valence-corrected chi connectivity index (χ0v) is 20.6. The Morgan fingerprint density at radius 1 is 1.27 bits per heavy atom. The van der Waals surface area contributed by atoms with Crippen LogP contribution in [0.25, 0.3) is 10.2 Å². The third-order valence-electron chi connectivity index (χ3n) is 6.33. The molecule has 7 nitrogen and oxygen atoms in total. The molecule has 0 saturated carbocycles. The SMILES string of the molecule is CC1CCc2c(sc3nc(SC(C)C(=O)Nc4ccc(N5CCOCC5)cc4)nc(N)c23)C1. The van der Waals surface area contributed by atoms with Gasteiger partial charge >= 0.3 is 0 Å². The highest BCUT2D eigenvalue weighted by Crippen LogP contribution is 2.40. The van der Waals surface area contributed by atoms with Crippen LogP contribution in [0.15, 0.2) is 29.4 Å². The molecule has 2 atom stereocenters. The molecule has 2 unspecified atom stereocenters. The van der Waals surface area contributed by atoms with Gasteiger partial charge in [-0.3, -0.25) is 4.79 Å². The number of nitrogens with two attached hydrogens (primary N) is 1. The zero-order chi connectivity index (χ0) is 22.9. The van der Waals surface area contributed by atoms with Gasteiger partial charge in [-0.25, -0.2) is 9.97 Å². The van der Waals surface area contributed by atoms with Crippen LogP contribution in [0.2, 0.25) is 0 Å². The van der Waals surface area contributed by atoms with Crippen molar-refractivity contribution in [1.29, 1.82) is 0 Å². The number of aryl methyl sites for hydroxylation is 1. The molecule has 1 saturated heterocycles. The quantitative estimate of drug-likeness (QED) is 0.411. The van der Waals surface area contributed by atoms with E-state index in [1.807, 2.05) is 31.2 Å². The van der Waals surface area contributed by atoms with Crippen molar-refractivity contribution in [3.05, 3.63) is 34.7 Å². The summed E-state index contributed by atoms with van der Waals surface area (Å²) in [6.07, 6.45) is 3.31. The molecule has 1 amide bonds. The maximum atomic E-state index is 12.8.